The molecule has 404 valence electrons. The van der Waals surface area contributed by atoms with Gasteiger partial charge in [0.05, 0.1) is 0 Å². The van der Waals surface area contributed by atoms with Crippen LogP contribution in [-0.4, -0.2) is 36.1 Å². The van der Waals surface area contributed by atoms with Crippen molar-refractivity contribution in [2.45, 2.75) is 361 Å². The van der Waals surface area contributed by atoms with Crippen molar-refractivity contribution in [1.29, 1.82) is 0 Å². The Balaban J connectivity index is -0.00000124. The Kier molecular flexibility index (Phi) is 63.2. The second kappa shape index (κ2) is 60.8. The van der Waals surface area contributed by atoms with Gasteiger partial charge in [0.25, 0.3) is 0 Å². The summed E-state index contributed by atoms with van der Waals surface area (Å²) in [4.78, 5) is 46.1. The molecule has 0 N–H and O–H groups in total. The molecule has 0 aromatic rings. The quantitative estimate of drug-likeness (QED) is 0.0334. The summed E-state index contributed by atoms with van der Waals surface area (Å²) in [6, 6.07) is 0. The van der Waals surface area contributed by atoms with E-state index in [4.69, 9.17) is 9.47 Å². The summed E-state index contributed by atoms with van der Waals surface area (Å²) in [5.41, 5.74) is 0. The fraction of sp³-hybridized carbons (Fsp3) is 0.933. The van der Waals surface area contributed by atoms with Crippen LogP contribution in [0.5, 0.6) is 0 Å². The van der Waals surface area contributed by atoms with Gasteiger partial charge in [0.15, 0.2) is 0 Å². The van der Waals surface area contributed by atoms with Crippen molar-refractivity contribution in [1.82, 2.24) is 0 Å². The summed E-state index contributed by atoms with van der Waals surface area (Å²) >= 11 is 0. The van der Waals surface area contributed by atoms with Gasteiger partial charge in [-0.3, -0.25) is 9.59 Å². The van der Waals surface area contributed by atoms with E-state index < -0.39 is 11.9 Å². The Morgan fingerprint density at radius 1 is 0.275 bits per heavy atom. The Morgan fingerprint density at radius 2 is 0.464 bits per heavy atom. The minimum Gasteiger partial charge on any atom is -0.550 e. The topological polar surface area (TPSA) is 133 Å². The Hall–Kier alpha value is -1.50. The third-order valence-corrected chi connectivity index (χ3v) is 13.6. The van der Waals surface area contributed by atoms with Gasteiger partial charge in [-0.25, -0.2) is 0 Å². The van der Waals surface area contributed by atoms with Crippen molar-refractivity contribution >= 4 is 23.9 Å². The van der Waals surface area contributed by atoms with Crippen molar-refractivity contribution < 1.29 is 58.3 Å². The molecule has 0 saturated carbocycles. The number of hydrogen-bond acceptors (Lipinski definition) is 8. The second-order valence-electron chi connectivity index (χ2n) is 20.6. The molecule has 0 rings (SSSR count). The van der Waals surface area contributed by atoms with Gasteiger partial charge in [-0.2, -0.15) is 0 Å². The van der Waals surface area contributed by atoms with Gasteiger partial charge in [0, 0.05) is 24.8 Å². The molecule has 0 spiro atoms. The first-order chi connectivity index (χ1) is 33.2. The van der Waals surface area contributed by atoms with Crippen LogP contribution in [0, 0.1) is 0 Å². The zero-order chi connectivity index (χ0) is 50.2. The van der Waals surface area contributed by atoms with E-state index in [1.54, 1.807) is 0 Å². The molecular weight excluding hydrogens is 914 g/mol. The van der Waals surface area contributed by atoms with Crippen LogP contribution in [0.1, 0.15) is 349 Å². The van der Waals surface area contributed by atoms with Gasteiger partial charge in [-0.05, 0) is 77.0 Å². The number of hydrogen-bond donors (Lipinski definition) is 0. The normalized spacial score (nSPS) is 11.9. The van der Waals surface area contributed by atoms with E-state index in [0.717, 1.165) is 51.4 Å². The number of rotatable bonds is 54. The van der Waals surface area contributed by atoms with Crippen LogP contribution in [0.3, 0.4) is 0 Å². The van der Waals surface area contributed by atoms with Crippen LogP contribution in [0.15, 0.2) is 0 Å². The van der Waals surface area contributed by atoms with Crippen molar-refractivity contribution in [3.05, 3.63) is 0 Å². The smallest absolute Gasteiger partial charge is 0.550 e. The molecule has 0 fully saturated rings. The van der Waals surface area contributed by atoms with E-state index in [9.17, 15) is 29.4 Å². The van der Waals surface area contributed by atoms with E-state index in [-0.39, 0.29) is 56.5 Å². The first kappa shape index (κ1) is 71.8. The molecule has 0 radical (unpaired) electrons. The average Bonchev–Trinajstić information content (AvgIpc) is 3.31. The zero-order valence-electron chi connectivity index (χ0n) is 46.5. The minimum atomic E-state index is -1.02. The number of carboxylic acid groups (broad SMARTS) is 2. The largest absolute Gasteiger partial charge is 2.00 e. The number of aliphatic carboxylic acids is 2. The summed E-state index contributed by atoms with van der Waals surface area (Å²) in [6.45, 7) is 9.00. The van der Waals surface area contributed by atoms with Crippen molar-refractivity contribution in [2.75, 3.05) is 0 Å². The summed E-state index contributed by atoms with van der Waals surface area (Å²) < 4.78 is 11.5. The van der Waals surface area contributed by atoms with Crippen molar-refractivity contribution in [3.8, 4) is 0 Å². The number of unbranched alkanes of at least 4 members (excludes halogenated alkanes) is 36. The number of carbonyl (C=O) groups is 4. The van der Waals surface area contributed by atoms with Gasteiger partial charge in [0.2, 0.25) is 0 Å². The third kappa shape index (κ3) is 62.6. The van der Waals surface area contributed by atoms with Crippen LogP contribution in [0.2, 0.25) is 0 Å². The molecule has 0 aliphatic carbocycles. The summed E-state index contributed by atoms with van der Waals surface area (Å²) in [5.74, 6) is -2.25. The molecule has 0 bridgehead atoms. The van der Waals surface area contributed by atoms with Crippen LogP contribution in [0.25, 0.3) is 0 Å². The molecule has 8 nitrogen and oxygen atoms in total. The first-order valence-corrected chi connectivity index (χ1v) is 30.0. The fourth-order valence-electron chi connectivity index (χ4n) is 9.19. The maximum absolute atomic E-state index is 12.3. The molecule has 0 aromatic heterocycles. The molecule has 0 aliphatic rings. The van der Waals surface area contributed by atoms with Crippen LogP contribution < -0.4 is 10.2 Å². The van der Waals surface area contributed by atoms with Crippen LogP contribution in [-0.2, 0) is 48.1 Å². The predicted molar refractivity (Wildman–Crippen MR) is 283 cm³/mol. The molecule has 0 saturated heterocycles. The zero-order valence-corrected chi connectivity index (χ0v) is 49.5. The molecule has 69 heavy (non-hydrogen) atoms. The minimum absolute atomic E-state index is 0. The number of esters is 2. The molecule has 0 aliphatic heterocycles. The van der Waals surface area contributed by atoms with Crippen LogP contribution >= 0.6 is 0 Å². The van der Waals surface area contributed by atoms with Crippen molar-refractivity contribution in [2.24, 2.45) is 0 Å². The molecule has 2 atom stereocenters. The molecular formula is C60H114O8Zn. The Morgan fingerprint density at radius 3 is 0.681 bits per heavy atom. The van der Waals surface area contributed by atoms with Gasteiger partial charge >= 0.3 is 31.4 Å². The monoisotopic (exact) mass is 1030 g/mol. The second-order valence-corrected chi connectivity index (χ2v) is 20.6. The Bertz CT molecular complexity index is 988. The molecule has 0 aromatic carbocycles. The molecule has 0 amide bonds. The summed E-state index contributed by atoms with van der Waals surface area (Å²) in [5, 5.41) is 21.5. The first-order valence-electron chi connectivity index (χ1n) is 30.0. The average molecular weight is 1030 g/mol. The van der Waals surface area contributed by atoms with E-state index in [1.165, 1.54) is 218 Å². The number of ether oxygens (including phenoxy) is 2. The standard InChI is InChI=1S/2C30H58O4.Zn/c2*1-3-5-7-9-11-13-14-16-17-19-21-24-28(25-23-26-29(31)32)34-30(33)27-22-20-18-15-12-10-8-6-4-2;/h2*28H,3-27H2,1-2H3,(H,31,32);/q;;+2/p-2. The van der Waals surface area contributed by atoms with Crippen LogP contribution in [0.4, 0.5) is 0 Å². The SMILES string of the molecule is CCCCCCCCCCCCCC(CCCC(=O)[O-])OC(=O)CCCCCCCCCCC.CCCCCCCCCCCCCC(CCCC(=O)[O-])OC(=O)CCCCCCCCCCC.[Zn+2]. The van der Waals surface area contributed by atoms with E-state index in [1.807, 2.05) is 0 Å². The summed E-state index contributed by atoms with van der Waals surface area (Å²) in [7, 11) is 0. The van der Waals surface area contributed by atoms with Gasteiger partial charge in [-0.15, -0.1) is 0 Å². The van der Waals surface area contributed by atoms with Crippen molar-refractivity contribution in [3.63, 3.8) is 0 Å². The Labute approximate surface area is 441 Å². The number of carbonyl (C=O) groups excluding carboxylic acids is 4. The van der Waals surface area contributed by atoms with Gasteiger partial charge in [-0.1, -0.05) is 259 Å². The number of carboxylic acids is 2. The van der Waals surface area contributed by atoms with Gasteiger partial charge < -0.3 is 29.3 Å². The molecule has 0 heterocycles. The van der Waals surface area contributed by atoms with E-state index >= 15 is 0 Å². The molecule has 9 heteroatoms. The van der Waals surface area contributed by atoms with E-state index in [2.05, 4.69) is 27.7 Å². The maximum atomic E-state index is 12.3. The molecule has 2 unspecified atom stereocenters. The third-order valence-electron chi connectivity index (χ3n) is 13.6. The summed E-state index contributed by atoms with van der Waals surface area (Å²) in [6.07, 6.45) is 55.5. The maximum Gasteiger partial charge on any atom is 2.00 e. The van der Waals surface area contributed by atoms with E-state index in [0.29, 0.717) is 38.5 Å². The fourth-order valence-corrected chi connectivity index (χ4v) is 9.19. The predicted octanol–water partition coefficient (Wildman–Crippen LogP) is 16.9. The van der Waals surface area contributed by atoms with Gasteiger partial charge in [0.1, 0.15) is 12.2 Å².